The van der Waals surface area contributed by atoms with E-state index in [0.717, 1.165) is 11.3 Å². The number of rotatable bonds is 7. The number of fused-ring (bicyclic) bond motifs is 1. The fourth-order valence-corrected chi connectivity index (χ4v) is 5.18. The molecule has 2 fully saturated rings. The number of carbonyl (C=O) groups excluding carboxylic acids is 3. The van der Waals surface area contributed by atoms with Crippen molar-refractivity contribution in [3.05, 3.63) is 66.2 Å². The summed E-state index contributed by atoms with van der Waals surface area (Å²) in [5.74, 6) is -0.760. The molecule has 1 spiro atoms. The van der Waals surface area contributed by atoms with Crippen molar-refractivity contribution in [2.24, 2.45) is 11.8 Å². The summed E-state index contributed by atoms with van der Waals surface area (Å²) in [6.45, 7) is 2.28. The first-order valence-corrected chi connectivity index (χ1v) is 11.4. The minimum Gasteiger partial charge on any atom is -0.497 e. The van der Waals surface area contributed by atoms with Crippen LogP contribution in [-0.4, -0.2) is 49.6 Å². The van der Waals surface area contributed by atoms with Gasteiger partial charge in [-0.3, -0.25) is 14.4 Å². The maximum Gasteiger partial charge on any atom is 0.234 e. The van der Waals surface area contributed by atoms with Gasteiger partial charge in [0, 0.05) is 24.8 Å². The molecule has 2 aromatic rings. The van der Waals surface area contributed by atoms with Gasteiger partial charge in [0.15, 0.2) is 0 Å². The molecule has 3 aliphatic heterocycles. The molecule has 3 amide bonds. The number of hydrogen-bond donors (Lipinski definition) is 2. The molecular formula is C26H27N3O5. The van der Waals surface area contributed by atoms with Gasteiger partial charge >= 0.3 is 0 Å². The zero-order chi connectivity index (χ0) is 23.9. The number of benzene rings is 2. The lowest BCUT2D eigenvalue weighted by atomic mass is 9.77. The van der Waals surface area contributed by atoms with Crippen LogP contribution < -0.4 is 20.3 Å². The molecule has 4 atom stereocenters. The molecule has 3 aliphatic rings. The van der Waals surface area contributed by atoms with Gasteiger partial charge in [0.05, 0.1) is 31.6 Å². The van der Waals surface area contributed by atoms with E-state index in [9.17, 15) is 14.4 Å². The van der Waals surface area contributed by atoms with Gasteiger partial charge in [0.25, 0.3) is 0 Å². The minimum absolute atomic E-state index is 0.116. The second-order valence-corrected chi connectivity index (χ2v) is 8.94. The Morgan fingerprint density at radius 2 is 1.88 bits per heavy atom. The van der Waals surface area contributed by atoms with Gasteiger partial charge in [-0.15, -0.1) is 0 Å². The summed E-state index contributed by atoms with van der Waals surface area (Å²) < 4.78 is 11.4. The molecule has 0 radical (unpaired) electrons. The van der Waals surface area contributed by atoms with Gasteiger partial charge in [0.1, 0.15) is 11.4 Å². The normalized spacial score (nSPS) is 26.5. The summed E-state index contributed by atoms with van der Waals surface area (Å²) in [5.41, 5.74) is 1.68. The third kappa shape index (κ3) is 3.84. The first kappa shape index (κ1) is 22.2. The second kappa shape index (κ2) is 8.61. The molecule has 2 N–H and O–H groups in total. The Morgan fingerprint density at radius 1 is 1.15 bits per heavy atom. The van der Waals surface area contributed by atoms with E-state index in [0.29, 0.717) is 30.9 Å². The Bertz CT molecular complexity index is 1140. The van der Waals surface area contributed by atoms with Crippen LogP contribution in [0, 0.1) is 11.8 Å². The SMILES string of the molecule is COc1ccc(CCNC(=O)[C@H]2[C@H]3C=C[C@]4(CN(c5ccc(NC(C)=O)cc5)C(=O)[C@@H]24)O3)cc1. The molecule has 0 unspecified atom stereocenters. The van der Waals surface area contributed by atoms with Crippen LogP contribution in [0.25, 0.3) is 0 Å². The monoisotopic (exact) mass is 461 g/mol. The maximum atomic E-state index is 13.5. The average Bonchev–Trinajstić information content (AvgIpc) is 3.48. The van der Waals surface area contributed by atoms with E-state index in [1.165, 1.54) is 6.92 Å². The number of carbonyl (C=O) groups is 3. The predicted octanol–water partition coefficient (Wildman–Crippen LogP) is 2.30. The van der Waals surface area contributed by atoms with Gasteiger partial charge in [-0.25, -0.2) is 0 Å². The van der Waals surface area contributed by atoms with Crippen LogP contribution >= 0.6 is 0 Å². The molecule has 34 heavy (non-hydrogen) atoms. The molecule has 8 heteroatoms. The molecule has 0 saturated carbocycles. The number of ether oxygens (including phenoxy) is 2. The Hall–Kier alpha value is -3.65. The lowest BCUT2D eigenvalue weighted by molar-refractivity contribution is -0.131. The molecule has 3 heterocycles. The van der Waals surface area contributed by atoms with Crippen LogP contribution in [0.15, 0.2) is 60.7 Å². The lowest BCUT2D eigenvalue weighted by Crippen LogP contribution is -2.44. The van der Waals surface area contributed by atoms with E-state index >= 15 is 0 Å². The number of nitrogens with one attached hydrogen (secondary N) is 2. The number of anilines is 2. The predicted molar refractivity (Wildman–Crippen MR) is 127 cm³/mol. The van der Waals surface area contributed by atoms with Crippen molar-refractivity contribution in [1.29, 1.82) is 0 Å². The van der Waals surface area contributed by atoms with E-state index < -0.39 is 17.4 Å². The van der Waals surface area contributed by atoms with Crippen LogP contribution in [-0.2, 0) is 25.5 Å². The number of nitrogens with zero attached hydrogens (tertiary/aromatic N) is 1. The Labute approximate surface area is 197 Å². The van der Waals surface area contributed by atoms with Gasteiger partial charge < -0.3 is 25.0 Å². The van der Waals surface area contributed by atoms with Crippen LogP contribution in [0.2, 0.25) is 0 Å². The van der Waals surface area contributed by atoms with Crippen molar-refractivity contribution < 1.29 is 23.9 Å². The highest BCUT2D eigenvalue weighted by Gasteiger charge is 2.67. The molecule has 8 nitrogen and oxygen atoms in total. The van der Waals surface area contributed by atoms with Crippen molar-refractivity contribution in [3.8, 4) is 5.75 Å². The van der Waals surface area contributed by atoms with Crippen molar-refractivity contribution in [1.82, 2.24) is 5.32 Å². The summed E-state index contributed by atoms with van der Waals surface area (Å²) >= 11 is 0. The highest BCUT2D eigenvalue weighted by atomic mass is 16.5. The molecule has 0 aliphatic carbocycles. The maximum absolute atomic E-state index is 13.5. The Morgan fingerprint density at radius 3 is 2.56 bits per heavy atom. The zero-order valence-electron chi connectivity index (χ0n) is 19.1. The van der Waals surface area contributed by atoms with Crippen LogP contribution in [0.1, 0.15) is 12.5 Å². The third-order valence-corrected chi connectivity index (χ3v) is 6.77. The van der Waals surface area contributed by atoms with Crippen LogP contribution in [0.5, 0.6) is 5.75 Å². The van der Waals surface area contributed by atoms with Crippen molar-refractivity contribution in [2.75, 3.05) is 30.4 Å². The first-order valence-electron chi connectivity index (χ1n) is 11.4. The average molecular weight is 462 g/mol. The topological polar surface area (TPSA) is 97.0 Å². The van der Waals surface area contributed by atoms with Crippen molar-refractivity contribution in [2.45, 2.75) is 25.0 Å². The van der Waals surface area contributed by atoms with E-state index in [4.69, 9.17) is 9.47 Å². The third-order valence-electron chi connectivity index (χ3n) is 6.77. The number of methoxy groups -OCH3 is 1. The van der Waals surface area contributed by atoms with Crippen molar-refractivity contribution in [3.63, 3.8) is 0 Å². The Balaban J connectivity index is 1.26. The van der Waals surface area contributed by atoms with Crippen LogP contribution in [0.3, 0.4) is 0 Å². The molecule has 0 aromatic heterocycles. The molecular weight excluding hydrogens is 434 g/mol. The quantitative estimate of drug-likeness (QED) is 0.617. The molecule has 5 rings (SSSR count). The minimum atomic E-state index is -0.782. The standard InChI is InChI=1S/C26H27N3O5/c1-16(30)28-18-5-7-19(8-6-18)29-15-26-13-11-21(34-26)22(23(26)25(29)32)24(31)27-14-12-17-3-9-20(33-2)10-4-17/h3-11,13,21-23H,12,14-15H2,1-2H3,(H,27,31)(H,28,30)/t21-,22+,23-,26-/m1/s1. The first-order chi connectivity index (χ1) is 16.4. The second-order valence-electron chi connectivity index (χ2n) is 8.94. The van der Waals surface area contributed by atoms with E-state index in [1.54, 1.807) is 36.3 Å². The zero-order valence-corrected chi connectivity index (χ0v) is 19.1. The summed E-state index contributed by atoms with van der Waals surface area (Å²) in [4.78, 5) is 39.5. The van der Waals surface area contributed by atoms with E-state index in [2.05, 4.69) is 10.6 Å². The van der Waals surface area contributed by atoms with Gasteiger partial charge in [0.2, 0.25) is 17.7 Å². The van der Waals surface area contributed by atoms with E-state index in [-0.39, 0.29) is 23.8 Å². The largest absolute Gasteiger partial charge is 0.497 e. The fourth-order valence-electron chi connectivity index (χ4n) is 5.18. The molecule has 2 bridgehead atoms. The van der Waals surface area contributed by atoms with Crippen LogP contribution in [0.4, 0.5) is 11.4 Å². The number of amides is 3. The molecule has 176 valence electrons. The van der Waals surface area contributed by atoms with Crippen molar-refractivity contribution >= 4 is 29.1 Å². The Kier molecular flexibility index (Phi) is 5.61. The molecule has 2 saturated heterocycles. The summed E-state index contributed by atoms with van der Waals surface area (Å²) in [7, 11) is 1.63. The van der Waals surface area contributed by atoms with Gasteiger partial charge in [-0.2, -0.15) is 0 Å². The lowest BCUT2D eigenvalue weighted by Gasteiger charge is -2.23. The summed E-state index contributed by atoms with van der Waals surface area (Å²) in [5, 5.41) is 5.72. The summed E-state index contributed by atoms with van der Waals surface area (Å²) in [6, 6.07) is 14.8. The van der Waals surface area contributed by atoms with Gasteiger partial charge in [-0.1, -0.05) is 24.3 Å². The summed E-state index contributed by atoms with van der Waals surface area (Å²) in [6.07, 6.45) is 4.13. The smallest absolute Gasteiger partial charge is 0.234 e. The fraction of sp³-hybridized carbons (Fsp3) is 0.346. The highest BCUT2D eigenvalue weighted by Crippen LogP contribution is 2.52. The molecule has 2 aromatic carbocycles. The number of hydrogen-bond acceptors (Lipinski definition) is 5. The van der Waals surface area contributed by atoms with E-state index in [1.807, 2.05) is 36.4 Å². The van der Waals surface area contributed by atoms with Gasteiger partial charge in [-0.05, 0) is 48.4 Å². The highest BCUT2D eigenvalue weighted by molar-refractivity contribution is 6.03.